The summed E-state index contributed by atoms with van der Waals surface area (Å²) in [5.74, 6) is 0.354. The average Bonchev–Trinajstić information content (AvgIpc) is 3.37. The number of hydrogen-bond donors (Lipinski definition) is 3. The summed E-state index contributed by atoms with van der Waals surface area (Å²) in [6, 6.07) is 7.83. The van der Waals surface area contributed by atoms with Crippen LogP contribution in [0.4, 0.5) is 0 Å². The molecule has 2 aliphatic carbocycles. The number of carbonyl (C=O) groups excluding carboxylic acids is 2. The molecule has 2 fully saturated rings. The molecule has 6 nitrogen and oxygen atoms in total. The van der Waals surface area contributed by atoms with E-state index in [-0.39, 0.29) is 41.9 Å². The Labute approximate surface area is 204 Å². The van der Waals surface area contributed by atoms with Crippen LogP contribution in [0.3, 0.4) is 0 Å². The summed E-state index contributed by atoms with van der Waals surface area (Å²) in [7, 11) is 1.90. The van der Waals surface area contributed by atoms with Crippen molar-refractivity contribution in [2.24, 2.45) is 5.92 Å². The summed E-state index contributed by atoms with van der Waals surface area (Å²) in [6.07, 6.45) is 10.4. The van der Waals surface area contributed by atoms with E-state index in [0.717, 1.165) is 63.5 Å². The fourth-order valence-electron chi connectivity index (χ4n) is 6.00. The molecule has 0 radical (unpaired) electrons. The first-order chi connectivity index (χ1) is 16.5. The number of carbonyl (C=O) groups is 2. The molecule has 2 amide bonds. The molecule has 1 aromatic rings. The molecule has 4 atom stereocenters. The van der Waals surface area contributed by atoms with Crippen LogP contribution < -0.4 is 16.0 Å². The fraction of sp³-hybridized carbons (Fsp3) is 0.643. The van der Waals surface area contributed by atoms with E-state index < -0.39 is 0 Å². The third kappa shape index (κ3) is 5.48. The van der Waals surface area contributed by atoms with Crippen molar-refractivity contribution in [3.8, 4) is 0 Å². The number of likely N-dealkylation sites (tertiary alicyclic amines) is 1. The van der Waals surface area contributed by atoms with Gasteiger partial charge in [-0.25, -0.2) is 0 Å². The molecule has 3 aliphatic rings. The van der Waals surface area contributed by atoms with Crippen LogP contribution in [0.2, 0.25) is 0 Å². The van der Waals surface area contributed by atoms with E-state index in [1.807, 2.05) is 24.9 Å². The zero-order chi connectivity index (χ0) is 24.1. The second kappa shape index (κ2) is 11.4. The van der Waals surface area contributed by atoms with Gasteiger partial charge < -0.3 is 20.9 Å². The molecule has 1 saturated heterocycles. The SMILES string of the molecule is C=C(N[C@H](C(=O)N1CCC[C@H]1C(=O)N[C@@H]1CCCc2ccccc21)C1CCCCC1)[C@H](C)NC. The third-order valence-electron chi connectivity index (χ3n) is 8.21. The second-order valence-corrected chi connectivity index (χ2v) is 10.4. The van der Waals surface area contributed by atoms with E-state index in [2.05, 4.69) is 40.7 Å². The molecule has 1 heterocycles. The number of fused-ring (bicyclic) bond motifs is 1. The Bertz CT molecular complexity index is 879. The number of amides is 2. The minimum atomic E-state index is -0.385. The van der Waals surface area contributed by atoms with Gasteiger partial charge in [0.1, 0.15) is 12.1 Å². The number of benzene rings is 1. The molecular weight excluding hydrogens is 424 g/mol. The lowest BCUT2D eigenvalue weighted by molar-refractivity contribution is -0.141. The molecule has 0 spiro atoms. The number of nitrogens with zero attached hydrogens (tertiary/aromatic N) is 1. The Balaban J connectivity index is 1.48. The Morgan fingerprint density at radius 3 is 2.56 bits per heavy atom. The summed E-state index contributed by atoms with van der Waals surface area (Å²) in [6.45, 7) is 6.90. The lowest BCUT2D eigenvalue weighted by Crippen LogP contribution is -2.56. The van der Waals surface area contributed by atoms with E-state index in [9.17, 15) is 9.59 Å². The minimum Gasteiger partial charge on any atom is -0.376 e. The maximum atomic E-state index is 13.9. The van der Waals surface area contributed by atoms with Crippen molar-refractivity contribution in [2.75, 3.05) is 13.6 Å². The van der Waals surface area contributed by atoms with Crippen LogP contribution in [-0.2, 0) is 16.0 Å². The van der Waals surface area contributed by atoms with Gasteiger partial charge in [-0.2, -0.15) is 0 Å². The predicted molar refractivity (Wildman–Crippen MR) is 136 cm³/mol. The molecule has 0 aromatic heterocycles. The van der Waals surface area contributed by atoms with Gasteiger partial charge in [-0.05, 0) is 76.0 Å². The zero-order valence-corrected chi connectivity index (χ0v) is 20.9. The van der Waals surface area contributed by atoms with Crippen LogP contribution in [-0.4, -0.2) is 48.4 Å². The fourth-order valence-corrected chi connectivity index (χ4v) is 6.00. The largest absolute Gasteiger partial charge is 0.376 e. The van der Waals surface area contributed by atoms with E-state index in [0.29, 0.717) is 6.54 Å². The number of aryl methyl sites for hydroxylation is 1. The van der Waals surface area contributed by atoms with Crippen LogP contribution in [0, 0.1) is 5.92 Å². The maximum Gasteiger partial charge on any atom is 0.246 e. The van der Waals surface area contributed by atoms with Gasteiger partial charge in [0.2, 0.25) is 11.8 Å². The number of likely N-dealkylation sites (N-methyl/N-ethyl adjacent to an activating group) is 1. The van der Waals surface area contributed by atoms with Gasteiger partial charge in [0.05, 0.1) is 6.04 Å². The summed E-state index contributed by atoms with van der Waals surface area (Å²) in [5.41, 5.74) is 3.40. The summed E-state index contributed by atoms with van der Waals surface area (Å²) >= 11 is 0. The van der Waals surface area contributed by atoms with Crippen LogP contribution >= 0.6 is 0 Å². The Hall–Kier alpha value is -2.34. The first kappa shape index (κ1) is 24.8. The van der Waals surface area contributed by atoms with Gasteiger partial charge in [-0.1, -0.05) is 50.1 Å². The van der Waals surface area contributed by atoms with Crippen LogP contribution in [0.15, 0.2) is 36.5 Å². The molecule has 1 aliphatic heterocycles. The Morgan fingerprint density at radius 1 is 1.03 bits per heavy atom. The lowest BCUT2D eigenvalue weighted by atomic mass is 9.83. The monoisotopic (exact) mass is 466 g/mol. The first-order valence-corrected chi connectivity index (χ1v) is 13.3. The molecule has 34 heavy (non-hydrogen) atoms. The smallest absolute Gasteiger partial charge is 0.246 e. The van der Waals surface area contributed by atoms with Crippen LogP contribution in [0.5, 0.6) is 0 Å². The predicted octanol–water partition coefficient (Wildman–Crippen LogP) is 3.83. The highest BCUT2D eigenvalue weighted by atomic mass is 16.2. The normalized spacial score (nSPS) is 24.7. The number of hydrogen-bond acceptors (Lipinski definition) is 4. The molecule has 4 rings (SSSR count). The number of rotatable bonds is 8. The van der Waals surface area contributed by atoms with Crippen molar-refractivity contribution < 1.29 is 9.59 Å². The zero-order valence-electron chi connectivity index (χ0n) is 20.9. The molecule has 0 unspecified atom stereocenters. The van der Waals surface area contributed by atoms with E-state index in [4.69, 9.17) is 0 Å². The van der Waals surface area contributed by atoms with Gasteiger partial charge in [0.25, 0.3) is 0 Å². The number of nitrogens with one attached hydrogen (secondary N) is 3. The lowest BCUT2D eigenvalue weighted by Gasteiger charge is -2.36. The maximum absolute atomic E-state index is 13.9. The van der Waals surface area contributed by atoms with Crippen LogP contribution in [0.1, 0.15) is 81.9 Å². The molecule has 1 aromatic carbocycles. The topological polar surface area (TPSA) is 73.5 Å². The van der Waals surface area contributed by atoms with Gasteiger partial charge in [0, 0.05) is 18.3 Å². The van der Waals surface area contributed by atoms with Crippen molar-refractivity contribution in [1.82, 2.24) is 20.9 Å². The Morgan fingerprint density at radius 2 is 1.79 bits per heavy atom. The van der Waals surface area contributed by atoms with Crippen molar-refractivity contribution in [2.45, 2.75) is 95.3 Å². The van der Waals surface area contributed by atoms with Crippen molar-refractivity contribution in [3.63, 3.8) is 0 Å². The Kier molecular flexibility index (Phi) is 8.30. The minimum absolute atomic E-state index is 0.00244. The quantitative estimate of drug-likeness (QED) is 0.544. The van der Waals surface area contributed by atoms with E-state index >= 15 is 0 Å². The third-order valence-corrected chi connectivity index (χ3v) is 8.21. The first-order valence-electron chi connectivity index (χ1n) is 13.3. The van der Waals surface area contributed by atoms with Crippen molar-refractivity contribution in [1.29, 1.82) is 0 Å². The van der Waals surface area contributed by atoms with E-state index in [1.54, 1.807) is 0 Å². The van der Waals surface area contributed by atoms with Gasteiger partial charge in [-0.15, -0.1) is 0 Å². The van der Waals surface area contributed by atoms with Crippen molar-refractivity contribution >= 4 is 11.8 Å². The molecule has 186 valence electrons. The molecule has 1 saturated carbocycles. The summed E-state index contributed by atoms with van der Waals surface area (Å²) < 4.78 is 0. The molecule has 6 heteroatoms. The van der Waals surface area contributed by atoms with Gasteiger partial charge >= 0.3 is 0 Å². The second-order valence-electron chi connectivity index (χ2n) is 10.4. The van der Waals surface area contributed by atoms with E-state index in [1.165, 1.54) is 17.5 Å². The molecule has 3 N–H and O–H groups in total. The highest BCUT2D eigenvalue weighted by Crippen LogP contribution is 2.32. The average molecular weight is 467 g/mol. The van der Waals surface area contributed by atoms with Crippen molar-refractivity contribution in [3.05, 3.63) is 47.7 Å². The molecular formula is C28H42N4O2. The summed E-state index contributed by atoms with van der Waals surface area (Å²) in [4.78, 5) is 29.2. The van der Waals surface area contributed by atoms with Crippen LogP contribution in [0.25, 0.3) is 0 Å². The highest BCUT2D eigenvalue weighted by Gasteiger charge is 2.41. The highest BCUT2D eigenvalue weighted by molar-refractivity contribution is 5.91. The summed E-state index contributed by atoms with van der Waals surface area (Å²) in [5, 5.41) is 10.0. The van der Waals surface area contributed by atoms with Gasteiger partial charge in [-0.3, -0.25) is 9.59 Å². The standard InChI is InChI=1S/C28H42N4O2/c1-19(29-3)20(2)30-26(22-12-5-4-6-13-22)28(34)32-18-10-17-25(32)27(33)31-24-16-9-14-21-11-7-8-15-23(21)24/h7-8,11,15,19,22,24-26,29-30H,2,4-6,9-10,12-14,16-18H2,1,3H3,(H,31,33)/t19-,24+,25-,26-/m0/s1. The molecule has 0 bridgehead atoms. The van der Waals surface area contributed by atoms with Gasteiger partial charge in [0.15, 0.2) is 0 Å².